The Balaban J connectivity index is 1.82. The molecule has 1 aromatic carbocycles. The fraction of sp³-hybridized carbons (Fsp3) is 0.556. The zero-order valence-electron chi connectivity index (χ0n) is 13.5. The van der Waals surface area contributed by atoms with Crippen LogP contribution in [0.4, 0.5) is 0 Å². The first-order valence-electron chi connectivity index (χ1n) is 8.11. The van der Waals surface area contributed by atoms with Crippen molar-refractivity contribution >= 4 is 11.9 Å². The molecule has 1 saturated heterocycles. The molecule has 124 valence electrons. The van der Waals surface area contributed by atoms with Crippen molar-refractivity contribution in [3.63, 3.8) is 0 Å². The number of ether oxygens (including phenoxy) is 1. The number of likely N-dealkylation sites (tertiary alicyclic amines) is 1. The molecular formula is C18H23NO4. The van der Waals surface area contributed by atoms with E-state index in [4.69, 9.17) is 4.74 Å². The number of carboxylic acid groups (broad SMARTS) is 1. The second kappa shape index (κ2) is 5.96. The average molecular weight is 317 g/mol. The van der Waals surface area contributed by atoms with Gasteiger partial charge in [0.05, 0.1) is 12.0 Å². The molecule has 5 heteroatoms. The van der Waals surface area contributed by atoms with E-state index in [1.54, 1.807) is 4.90 Å². The highest BCUT2D eigenvalue weighted by molar-refractivity contribution is 5.90. The smallest absolute Gasteiger partial charge is 0.313 e. The highest BCUT2D eigenvalue weighted by Crippen LogP contribution is 2.46. The Labute approximate surface area is 136 Å². The van der Waals surface area contributed by atoms with Crippen molar-refractivity contribution in [3.8, 4) is 0 Å². The third-order valence-electron chi connectivity index (χ3n) is 5.46. The van der Waals surface area contributed by atoms with Crippen LogP contribution in [0.3, 0.4) is 0 Å². The second-order valence-corrected chi connectivity index (χ2v) is 6.80. The summed E-state index contributed by atoms with van der Waals surface area (Å²) in [5.41, 5.74) is -0.370. The molecule has 1 aliphatic heterocycles. The van der Waals surface area contributed by atoms with Gasteiger partial charge in [-0.2, -0.15) is 0 Å². The van der Waals surface area contributed by atoms with Gasteiger partial charge in [0, 0.05) is 20.2 Å². The van der Waals surface area contributed by atoms with E-state index in [0.717, 1.165) is 24.8 Å². The predicted molar refractivity (Wildman–Crippen MR) is 85.1 cm³/mol. The van der Waals surface area contributed by atoms with E-state index in [1.807, 2.05) is 30.3 Å². The zero-order valence-corrected chi connectivity index (χ0v) is 13.5. The lowest BCUT2D eigenvalue weighted by atomic mass is 9.63. The molecule has 0 aromatic heterocycles. The van der Waals surface area contributed by atoms with Crippen LogP contribution in [-0.4, -0.2) is 48.7 Å². The fourth-order valence-electron chi connectivity index (χ4n) is 3.89. The molecule has 1 unspecified atom stereocenters. The number of carbonyl (C=O) groups excluding carboxylic acids is 1. The van der Waals surface area contributed by atoms with Gasteiger partial charge in [-0.1, -0.05) is 36.8 Å². The van der Waals surface area contributed by atoms with Crippen LogP contribution in [0, 0.1) is 5.41 Å². The quantitative estimate of drug-likeness (QED) is 0.902. The number of methoxy groups -OCH3 is 1. The number of nitrogens with zero attached hydrogens (tertiary/aromatic N) is 1. The molecule has 2 aliphatic rings. The van der Waals surface area contributed by atoms with Crippen LogP contribution < -0.4 is 0 Å². The van der Waals surface area contributed by atoms with E-state index in [1.165, 1.54) is 7.11 Å². The number of hydrogen-bond donors (Lipinski definition) is 1. The first kappa shape index (κ1) is 16.0. The van der Waals surface area contributed by atoms with Crippen LogP contribution in [0.15, 0.2) is 30.3 Å². The molecule has 0 radical (unpaired) electrons. The molecule has 2 fully saturated rings. The van der Waals surface area contributed by atoms with E-state index in [2.05, 4.69) is 0 Å². The van der Waals surface area contributed by atoms with E-state index >= 15 is 0 Å². The third-order valence-corrected chi connectivity index (χ3v) is 5.46. The molecular weight excluding hydrogens is 294 g/mol. The maximum absolute atomic E-state index is 13.2. The molecule has 1 aliphatic carbocycles. The zero-order chi connectivity index (χ0) is 16.5. The molecule has 3 rings (SSSR count). The van der Waals surface area contributed by atoms with Gasteiger partial charge in [0.1, 0.15) is 5.41 Å². The minimum atomic E-state index is -0.966. The van der Waals surface area contributed by atoms with Crippen molar-refractivity contribution in [3.05, 3.63) is 35.9 Å². The van der Waals surface area contributed by atoms with E-state index in [0.29, 0.717) is 13.0 Å². The summed E-state index contributed by atoms with van der Waals surface area (Å²) in [5.74, 6) is -0.800. The number of rotatable bonds is 5. The van der Waals surface area contributed by atoms with Gasteiger partial charge in [-0.3, -0.25) is 9.59 Å². The van der Waals surface area contributed by atoms with E-state index in [-0.39, 0.29) is 19.1 Å². The Kier molecular flexibility index (Phi) is 4.15. The number of carboxylic acids is 1. The van der Waals surface area contributed by atoms with Gasteiger partial charge in [0.2, 0.25) is 5.91 Å². The number of hydrogen-bond acceptors (Lipinski definition) is 3. The highest BCUT2D eigenvalue weighted by Gasteiger charge is 2.53. The summed E-state index contributed by atoms with van der Waals surface area (Å²) in [7, 11) is 1.51. The summed E-state index contributed by atoms with van der Waals surface area (Å²) in [6.45, 7) is 0.872. The van der Waals surface area contributed by atoms with Gasteiger partial charge in [-0.15, -0.1) is 0 Å². The summed E-state index contributed by atoms with van der Waals surface area (Å²) in [4.78, 5) is 26.6. The van der Waals surface area contributed by atoms with Crippen molar-refractivity contribution in [1.82, 2.24) is 4.90 Å². The largest absolute Gasteiger partial charge is 0.481 e. The first-order valence-corrected chi connectivity index (χ1v) is 8.11. The Morgan fingerprint density at radius 3 is 2.43 bits per heavy atom. The van der Waals surface area contributed by atoms with Crippen LogP contribution >= 0.6 is 0 Å². The molecule has 5 nitrogen and oxygen atoms in total. The van der Waals surface area contributed by atoms with E-state index < -0.39 is 16.8 Å². The summed E-state index contributed by atoms with van der Waals surface area (Å²) >= 11 is 0. The van der Waals surface area contributed by atoms with Gasteiger partial charge in [-0.05, 0) is 24.8 Å². The molecule has 1 amide bonds. The fourth-order valence-corrected chi connectivity index (χ4v) is 3.89. The van der Waals surface area contributed by atoms with Gasteiger partial charge in [-0.25, -0.2) is 0 Å². The molecule has 1 atom stereocenters. The Morgan fingerprint density at radius 2 is 1.91 bits per heavy atom. The number of aliphatic carboxylic acids is 1. The number of amides is 1. The maximum Gasteiger partial charge on any atom is 0.313 e. The van der Waals surface area contributed by atoms with Crippen LogP contribution in [0.5, 0.6) is 0 Å². The maximum atomic E-state index is 13.2. The molecule has 23 heavy (non-hydrogen) atoms. The second-order valence-electron chi connectivity index (χ2n) is 6.80. The minimum Gasteiger partial charge on any atom is -0.481 e. The number of carbonyl (C=O) groups is 2. The summed E-state index contributed by atoms with van der Waals surface area (Å²) < 4.78 is 5.11. The predicted octanol–water partition coefficient (Wildman–Crippen LogP) is 2.06. The van der Waals surface area contributed by atoms with Gasteiger partial charge in [0.15, 0.2) is 0 Å². The molecule has 1 N–H and O–H groups in total. The Bertz CT molecular complexity index is 596. The van der Waals surface area contributed by atoms with Crippen LogP contribution in [0.25, 0.3) is 0 Å². The lowest BCUT2D eigenvalue weighted by molar-refractivity contribution is -0.152. The summed E-state index contributed by atoms with van der Waals surface area (Å²) in [6.07, 6.45) is 3.18. The Morgan fingerprint density at radius 1 is 1.22 bits per heavy atom. The number of benzene rings is 1. The lowest BCUT2D eigenvalue weighted by Gasteiger charge is -2.43. The van der Waals surface area contributed by atoms with Crippen LogP contribution in [-0.2, 0) is 19.7 Å². The van der Waals surface area contributed by atoms with Gasteiger partial charge in [0.25, 0.3) is 0 Å². The molecule has 0 bridgehead atoms. The van der Waals surface area contributed by atoms with Crippen molar-refractivity contribution in [2.24, 2.45) is 5.41 Å². The molecule has 1 saturated carbocycles. The van der Waals surface area contributed by atoms with Gasteiger partial charge < -0.3 is 14.7 Å². The lowest BCUT2D eigenvalue weighted by Crippen LogP contribution is -2.51. The van der Waals surface area contributed by atoms with Crippen molar-refractivity contribution in [2.45, 2.75) is 31.1 Å². The SMILES string of the molecule is COCC1(C(=O)O)CCN(C(=O)C2(c3ccccc3)CCC2)C1. The first-order chi connectivity index (χ1) is 11.0. The highest BCUT2D eigenvalue weighted by atomic mass is 16.5. The molecule has 0 spiro atoms. The van der Waals surface area contributed by atoms with Crippen molar-refractivity contribution in [2.75, 3.05) is 26.8 Å². The van der Waals surface area contributed by atoms with Gasteiger partial charge >= 0.3 is 5.97 Å². The third kappa shape index (κ3) is 2.53. The molecule has 1 heterocycles. The topological polar surface area (TPSA) is 66.8 Å². The van der Waals surface area contributed by atoms with Crippen LogP contribution in [0.1, 0.15) is 31.2 Å². The van der Waals surface area contributed by atoms with Crippen molar-refractivity contribution < 1.29 is 19.4 Å². The standard InChI is InChI=1S/C18H23NO4/c1-23-13-17(16(21)22)10-11-19(12-17)15(20)18(8-5-9-18)14-6-3-2-4-7-14/h2-4,6-7H,5,8-13H2,1H3,(H,21,22). The van der Waals surface area contributed by atoms with Crippen LogP contribution in [0.2, 0.25) is 0 Å². The molecule has 1 aromatic rings. The van der Waals surface area contributed by atoms with E-state index in [9.17, 15) is 14.7 Å². The summed E-state index contributed by atoms with van der Waals surface area (Å²) in [5, 5.41) is 9.57. The normalized spacial score (nSPS) is 25.9. The van der Waals surface area contributed by atoms with Crippen molar-refractivity contribution in [1.29, 1.82) is 0 Å². The average Bonchev–Trinajstić information content (AvgIpc) is 2.93. The summed E-state index contributed by atoms with van der Waals surface area (Å²) in [6, 6.07) is 9.88. The monoisotopic (exact) mass is 317 g/mol. The minimum absolute atomic E-state index is 0.0779. The Hall–Kier alpha value is -1.88.